The van der Waals surface area contributed by atoms with E-state index in [0.717, 1.165) is 23.7 Å². The molecule has 0 unspecified atom stereocenters. The van der Waals surface area contributed by atoms with E-state index in [2.05, 4.69) is 10.3 Å². The summed E-state index contributed by atoms with van der Waals surface area (Å²) in [7, 11) is 5.52. The number of aromatic nitrogens is 4. The predicted molar refractivity (Wildman–Crippen MR) is 133 cm³/mol. The summed E-state index contributed by atoms with van der Waals surface area (Å²) in [5.74, 6) is 0.628. The largest absolute Gasteiger partial charge is 0.497 e. The fourth-order valence-electron chi connectivity index (χ4n) is 3.75. The molecule has 0 saturated heterocycles. The zero-order valence-corrected chi connectivity index (χ0v) is 20.8. The first-order valence-electron chi connectivity index (χ1n) is 10.9. The van der Waals surface area contributed by atoms with E-state index < -0.39 is 0 Å². The van der Waals surface area contributed by atoms with Crippen LogP contribution in [-0.2, 0) is 11.2 Å². The summed E-state index contributed by atoms with van der Waals surface area (Å²) in [6.45, 7) is 5.05. The monoisotopic (exact) mass is 480 g/mol. The molecule has 0 saturated carbocycles. The van der Waals surface area contributed by atoms with Crippen LogP contribution in [0.2, 0.25) is 0 Å². The number of amides is 1. The molecule has 1 N–H and O–H groups in total. The fraction of sp³-hybridized carbons (Fsp3) is 0.333. The van der Waals surface area contributed by atoms with Crippen LogP contribution in [0.25, 0.3) is 21.9 Å². The van der Waals surface area contributed by atoms with Gasteiger partial charge in [-0.3, -0.25) is 14.0 Å². The van der Waals surface area contributed by atoms with Crippen molar-refractivity contribution in [1.82, 2.24) is 29.4 Å². The molecule has 3 heterocycles. The van der Waals surface area contributed by atoms with Crippen molar-refractivity contribution in [2.24, 2.45) is 0 Å². The highest BCUT2D eigenvalue weighted by molar-refractivity contribution is 7.15. The van der Waals surface area contributed by atoms with E-state index in [9.17, 15) is 9.59 Å². The smallest absolute Gasteiger partial charge is 0.268 e. The van der Waals surface area contributed by atoms with Gasteiger partial charge in [0.1, 0.15) is 11.4 Å². The summed E-state index contributed by atoms with van der Waals surface area (Å²) in [6.07, 6.45) is 0.108. The number of carbonyl (C=O) groups excluding carboxylic acids is 1. The Bertz CT molecular complexity index is 1380. The average molecular weight is 481 g/mol. The molecular weight excluding hydrogens is 452 g/mol. The number of hydrogen-bond acceptors (Lipinski definition) is 7. The average Bonchev–Trinajstić information content (AvgIpc) is 3.36. The molecule has 34 heavy (non-hydrogen) atoms. The van der Waals surface area contributed by atoms with Gasteiger partial charge < -0.3 is 15.0 Å². The molecule has 0 radical (unpaired) electrons. The molecule has 0 aliphatic heterocycles. The van der Waals surface area contributed by atoms with Gasteiger partial charge in [-0.1, -0.05) is 0 Å². The lowest BCUT2D eigenvalue weighted by atomic mass is 10.1. The molecular formula is C24H28N6O3S. The van der Waals surface area contributed by atoms with E-state index in [1.807, 2.05) is 68.6 Å². The minimum atomic E-state index is -0.223. The summed E-state index contributed by atoms with van der Waals surface area (Å²) in [4.78, 5) is 33.2. The van der Waals surface area contributed by atoms with Crippen LogP contribution in [-0.4, -0.2) is 64.3 Å². The number of likely N-dealkylation sites (N-methyl/N-ethyl adjacent to an activating group) is 1. The standard InChI is InChI=1S/C24H28N6O3S/c1-15-12-20(27-30(15)17-6-8-19(33-5)9-7-17)22-16(2)26-24-29(23(22)32)18(14-34-24)13-21(31)25-10-11-28(3)4/h6-9,12,14H,10-11,13H2,1-5H3,(H,25,31). The molecule has 1 aromatic carbocycles. The van der Waals surface area contributed by atoms with Gasteiger partial charge in [0.05, 0.1) is 30.5 Å². The topological polar surface area (TPSA) is 93.8 Å². The molecule has 10 heteroatoms. The van der Waals surface area contributed by atoms with Gasteiger partial charge >= 0.3 is 0 Å². The van der Waals surface area contributed by atoms with Crippen LogP contribution in [0.1, 0.15) is 17.1 Å². The highest BCUT2D eigenvalue weighted by Crippen LogP contribution is 2.24. The Morgan fingerprint density at radius 3 is 2.62 bits per heavy atom. The Hall–Kier alpha value is -3.50. The van der Waals surface area contributed by atoms with Crippen molar-refractivity contribution in [3.63, 3.8) is 0 Å². The second-order valence-corrected chi connectivity index (χ2v) is 9.17. The maximum atomic E-state index is 13.6. The maximum absolute atomic E-state index is 13.6. The van der Waals surface area contributed by atoms with Crippen molar-refractivity contribution < 1.29 is 9.53 Å². The minimum Gasteiger partial charge on any atom is -0.497 e. The summed E-state index contributed by atoms with van der Waals surface area (Å²) in [5.41, 5.74) is 3.72. The van der Waals surface area contributed by atoms with Gasteiger partial charge in [-0.25, -0.2) is 9.67 Å². The van der Waals surface area contributed by atoms with Gasteiger partial charge in [0.15, 0.2) is 4.96 Å². The van der Waals surface area contributed by atoms with Crippen molar-refractivity contribution in [3.8, 4) is 22.7 Å². The summed E-state index contributed by atoms with van der Waals surface area (Å²) in [6, 6.07) is 9.43. The first-order chi connectivity index (χ1) is 16.3. The lowest BCUT2D eigenvalue weighted by molar-refractivity contribution is -0.120. The van der Waals surface area contributed by atoms with Crippen LogP contribution >= 0.6 is 11.3 Å². The van der Waals surface area contributed by atoms with E-state index >= 15 is 0 Å². The second-order valence-electron chi connectivity index (χ2n) is 8.33. The van der Waals surface area contributed by atoms with Gasteiger partial charge in [0.2, 0.25) is 5.91 Å². The van der Waals surface area contributed by atoms with Crippen LogP contribution in [0.5, 0.6) is 5.75 Å². The zero-order valence-electron chi connectivity index (χ0n) is 20.0. The number of nitrogens with zero attached hydrogens (tertiary/aromatic N) is 5. The van der Waals surface area contributed by atoms with Crippen LogP contribution < -0.4 is 15.6 Å². The molecule has 0 aliphatic rings. The Kier molecular flexibility index (Phi) is 6.80. The van der Waals surface area contributed by atoms with Crippen molar-refractivity contribution in [2.45, 2.75) is 20.3 Å². The summed E-state index contributed by atoms with van der Waals surface area (Å²) >= 11 is 1.35. The lowest BCUT2D eigenvalue weighted by Gasteiger charge is -2.10. The Morgan fingerprint density at radius 2 is 1.94 bits per heavy atom. The van der Waals surface area contributed by atoms with Gasteiger partial charge in [-0.05, 0) is 58.3 Å². The van der Waals surface area contributed by atoms with Gasteiger partial charge in [0, 0.05) is 29.9 Å². The zero-order chi connectivity index (χ0) is 24.4. The normalized spacial score (nSPS) is 11.4. The third-order valence-electron chi connectivity index (χ3n) is 5.50. The Labute approximate surface area is 201 Å². The lowest BCUT2D eigenvalue weighted by Crippen LogP contribution is -2.33. The number of rotatable bonds is 8. The number of thiazole rings is 1. The maximum Gasteiger partial charge on any atom is 0.268 e. The molecule has 3 aromatic heterocycles. The van der Waals surface area contributed by atoms with E-state index in [-0.39, 0.29) is 17.9 Å². The summed E-state index contributed by atoms with van der Waals surface area (Å²) < 4.78 is 8.55. The number of aryl methyl sites for hydroxylation is 2. The van der Waals surface area contributed by atoms with Crippen LogP contribution in [0.15, 0.2) is 40.5 Å². The number of ether oxygens (including phenoxy) is 1. The molecule has 178 valence electrons. The second kappa shape index (κ2) is 9.78. The molecule has 4 rings (SSSR count). The van der Waals surface area contributed by atoms with E-state index in [4.69, 9.17) is 9.84 Å². The first-order valence-corrected chi connectivity index (χ1v) is 11.8. The van der Waals surface area contributed by atoms with Crippen molar-refractivity contribution in [1.29, 1.82) is 0 Å². The number of methoxy groups -OCH3 is 1. The first kappa shape index (κ1) is 23.7. The highest BCUT2D eigenvalue weighted by Gasteiger charge is 2.20. The number of carbonyl (C=O) groups is 1. The van der Waals surface area contributed by atoms with Crippen molar-refractivity contribution in [2.75, 3.05) is 34.3 Å². The fourth-order valence-corrected chi connectivity index (χ4v) is 4.68. The highest BCUT2D eigenvalue weighted by atomic mass is 32.1. The Balaban J connectivity index is 1.69. The Morgan fingerprint density at radius 1 is 1.21 bits per heavy atom. The third kappa shape index (κ3) is 4.73. The number of nitrogens with one attached hydrogen (secondary N) is 1. The van der Waals surface area contributed by atoms with Crippen molar-refractivity contribution in [3.05, 3.63) is 63.1 Å². The molecule has 0 atom stereocenters. The quantitative estimate of drug-likeness (QED) is 0.416. The molecule has 1 amide bonds. The molecule has 9 nitrogen and oxygen atoms in total. The van der Waals surface area contributed by atoms with Crippen LogP contribution in [0.3, 0.4) is 0 Å². The van der Waals surface area contributed by atoms with E-state index in [1.165, 1.54) is 15.7 Å². The predicted octanol–water partition coefficient (Wildman–Crippen LogP) is 2.45. The van der Waals surface area contributed by atoms with Crippen LogP contribution in [0.4, 0.5) is 0 Å². The van der Waals surface area contributed by atoms with Gasteiger partial charge in [-0.2, -0.15) is 5.10 Å². The molecule has 0 fully saturated rings. The van der Waals surface area contributed by atoms with Gasteiger partial charge in [-0.15, -0.1) is 11.3 Å². The molecule has 0 spiro atoms. The number of benzene rings is 1. The summed E-state index contributed by atoms with van der Waals surface area (Å²) in [5, 5.41) is 9.42. The number of fused-ring (bicyclic) bond motifs is 1. The molecule has 0 aliphatic carbocycles. The molecule has 0 bridgehead atoms. The van der Waals surface area contributed by atoms with E-state index in [0.29, 0.717) is 34.2 Å². The molecule has 4 aromatic rings. The van der Waals surface area contributed by atoms with Crippen LogP contribution in [0, 0.1) is 13.8 Å². The SMILES string of the molecule is COc1ccc(-n2nc(-c3c(C)nc4scc(CC(=O)NCCN(C)C)n4c3=O)cc2C)cc1. The van der Waals surface area contributed by atoms with E-state index in [1.54, 1.807) is 11.8 Å². The van der Waals surface area contributed by atoms with Crippen molar-refractivity contribution >= 4 is 22.2 Å². The van der Waals surface area contributed by atoms with Gasteiger partial charge in [0.25, 0.3) is 5.56 Å². The minimum absolute atomic E-state index is 0.108. The number of hydrogen-bond donors (Lipinski definition) is 1. The third-order valence-corrected chi connectivity index (χ3v) is 6.38.